The molecule has 3 aliphatic rings. The number of unbranched alkanes of at least 4 members (excludes halogenated alkanes) is 3. The van der Waals surface area contributed by atoms with Crippen LogP contribution in [0.15, 0.2) is 58.6 Å². The molecule has 4 bridgehead atoms. The number of Topliss-reactive ketones (excluding diaryl/α,β-unsaturated/α-hetero) is 3. The van der Waals surface area contributed by atoms with Gasteiger partial charge in [0.25, 0.3) is 0 Å². The Morgan fingerprint density at radius 2 is 1.69 bits per heavy atom. The van der Waals surface area contributed by atoms with Gasteiger partial charge in [0.05, 0.1) is 43.5 Å². The molecule has 6 N–H and O–H groups in total. The van der Waals surface area contributed by atoms with E-state index in [4.69, 9.17) is 41.0 Å². The maximum atomic E-state index is 14.5. The Bertz CT molecular complexity index is 2720. The number of halogens is 2. The van der Waals surface area contributed by atoms with Crippen LogP contribution in [0.25, 0.3) is 0 Å². The molecule has 2 saturated heterocycles. The molecule has 2 fully saturated rings. The second-order valence-electron chi connectivity index (χ2n) is 23.1. The van der Waals surface area contributed by atoms with E-state index < -0.39 is 83.4 Å². The third-order valence-corrected chi connectivity index (χ3v) is 17.5. The number of rotatable bonds is 26. The third-order valence-electron chi connectivity index (χ3n) is 16.4. The van der Waals surface area contributed by atoms with Crippen molar-refractivity contribution in [2.75, 3.05) is 38.0 Å². The maximum absolute atomic E-state index is 14.5. The van der Waals surface area contributed by atoms with Gasteiger partial charge in [-0.1, -0.05) is 88.9 Å². The first kappa shape index (κ1) is 68.1. The number of esters is 1. The van der Waals surface area contributed by atoms with Crippen molar-refractivity contribution in [3.63, 3.8) is 0 Å². The lowest BCUT2D eigenvalue weighted by molar-refractivity contribution is -0.187. The Hall–Kier alpha value is -5.67. The smallest absolute Gasteiger partial charge is 0.412 e. The van der Waals surface area contributed by atoms with Crippen molar-refractivity contribution in [1.29, 1.82) is 0 Å². The number of methoxy groups -OCH3 is 2. The lowest BCUT2D eigenvalue weighted by Crippen LogP contribution is -2.53. The first-order valence-corrected chi connectivity index (χ1v) is 30.2. The molecule has 21 heteroatoms. The maximum Gasteiger partial charge on any atom is 0.412 e. The summed E-state index contributed by atoms with van der Waals surface area (Å²) in [4.78, 5) is 108. The van der Waals surface area contributed by atoms with Crippen LogP contribution in [0, 0.1) is 23.7 Å². The summed E-state index contributed by atoms with van der Waals surface area (Å²) in [6.07, 6.45) is 6.41. The van der Waals surface area contributed by atoms with Gasteiger partial charge in [-0.05, 0) is 116 Å². The molecule has 3 aliphatic heterocycles. The predicted molar refractivity (Wildman–Crippen MR) is 320 cm³/mol. The number of fused-ring (bicyclic) bond motifs is 5. The first-order chi connectivity index (χ1) is 39.3. The summed E-state index contributed by atoms with van der Waals surface area (Å²) in [5, 5.41) is 20.4. The van der Waals surface area contributed by atoms with E-state index in [1.54, 1.807) is 63.4 Å². The van der Waals surface area contributed by atoms with Crippen molar-refractivity contribution in [1.82, 2.24) is 10.6 Å². The van der Waals surface area contributed by atoms with Crippen molar-refractivity contribution in [2.45, 2.75) is 193 Å². The van der Waals surface area contributed by atoms with Crippen LogP contribution in [0.1, 0.15) is 149 Å². The van der Waals surface area contributed by atoms with E-state index in [1.807, 2.05) is 40.7 Å². The number of amides is 5. The molecule has 5 rings (SSSR count). The van der Waals surface area contributed by atoms with E-state index in [2.05, 4.69) is 31.9 Å². The number of epoxide rings is 1. The Balaban J connectivity index is 1.31. The number of carbonyl (C=O) groups excluding carboxylic acids is 8. The number of ether oxygens (including phenoxy) is 5. The molecule has 2 aromatic rings. The number of primary amides is 1. The van der Waals surface area contributed by atoms with Crippen molar-refractivity contribution in [2.24, 2.45) is 29.4 Å². The van der Waals surface area contributed by atoms with Crippen LogP contribution >= 0.6 is 27.5 Å². The Morgan fingerprint density at radius 3 is 2.33 bits per heavy atom. The number of allylic oxidation sites excluding steroid dienone is 3. The van der Waals surface area contributed by atoms with Crippen LogP contribution in [-0.4, -0.2) is 122 Å². The Labute approximate surface area is 502 Å². The topological polar surface area (TPSA) is 272 Å². The van der Waals surface area contributed by atoms with Crippen molar-refractivity contribution >= 4 is 86.2 Å². The lowest BCUT2D eigenvalue weighted by Gasteiger charge is -2.41. The molecule has 0 radical (unpaired) electrons. The predicted octanol–water partition coefficient (Wildman–Crippen LogP) is 10.0. The molecule has 0 spiro atoms. The zero-order valence-electron chi connectivity index (χ0n) is 49.9. The van der Waals surface area contributed by atoms with Crippen LogP contribution in [0.4, 0.5) is 21.0 Å². The minimum absolute atomic E-state index is 0.00561. The number of anilines is 2. The highest BCUT2D eigenvalue weighted by molar-refractivity contribution is 9.10. The molecule has 3 heterocycles. The summed E-state index contributed by atoms with van der Waals surface area (Å²) in [5.74, 6) is -2.66. The molecule has 83 heavy (non-hydrogen) atoms. The summed E-state index contributed by atoms with van der Waals surface area (Å²) in [6, 6.07) is 6.69. The van der Waals surface area contributed by atoms with Gasteiger partial charge in [0.15, 0.2) is 5.78 Å². The van der Waals surface area contributed by atoms with Crippen molar-refractivity contribution in [3.8, 4) is 5.75 Å². The molecule has 2 aromatic carbocycles. The normalized spacial score (nSPS) is 24.5. The molecule has 0 unspecified atom stereocenters. The number of aliphatic hydroxyl groups is 1. The van der Waals surface area contributed by atoms with Crippen LogP contribution in [-0.2, 0) is 60.6 Å². The van der Waals surface area contributed by atoms with E-state index >= 15 is 0 Å². The minimum Gasteiger partial charge on any atom is -0.495 e. The SMILES string of the molecule is CCC(CC)C(=O)CCCCCCC(=O)C[C@H](C(=O)N[C@@H](CCCNC(N)=O)C(=O)Cc1ccc(NC(=O)O[C@H]2CC(=O)N(C)c3cc(cc(OC)c3Cl)C/C(C)=C/C=C/[C@@H](OC)[C@]3(O)CC(=O)O[C@@H](C3)[C@@H](C)[C@@H]3O[C@@]23C)c(Br)c1)C(C)C. The fraction of sp³-hybridized carbons (Fsp3) is 0.613. The van der Waals surface area contributed by atoms with E-state index in [-0.39, 0.29) is 79.2 Å². The van der Waals surface area contributed by atoms with Gasteiger partial charge in [0, 0.05) is 75.0 Å². The molecule has 19 nitrogen and oxygen atoms in total. The van der Waals surface area contributed by atoms with Crippen molar-refractivity contribution < 1.29 is 67.1 Å². The fourth-order valence-corrected chi connectivity index (χ4v) is 12.1. The third kappa shape index (κ3) is 19.2. The average Bonchev–Trinajstić information content (AvgIpc) is 2.23. The number of nitrogens with one attached hydrogen (secondary N) is 3. The van der Waals surface area contributed by atoms with Crippen molar-refractivity contribution in [3.05, 3.63) is 74.8 Å². The van der Waals surface area contributed by atoms with Gasteiger partial charge < -0.3 is 50.1 Å². The standard InChI is InChI=1S/C62H87BrClN5O14/c1-11-41(12-2)48(71)22-16-14-13-15-20-42(70)32-43(36(3)4)58(75)67-46(21-18-26-66-59(65)76)49(72)30-39-24-25-45(44(63)28-39)68-60(77)82-53-33-54(73)69(8)47-29-40(31-50(79-9)56(47)64)27-37(5)19-17-23-52(80-10)62(78)34-51(81-55(74)35-62)38(6)57-61(53,7)83-57/h17,19,23-25,28-29,31,36,38,41,43,46,51-53,57,78H,11-16,18,20-22,26-27,30,32-35H2,1-10H3,(H,67,75)(H,68,77)(H3,65,66,76)/b23-17+,37-19+/t38-,43+,46+,51+,52-,53+,57+,61+,62-/m1/s1. The van der Waals surface area contributed by atoms with Crippen LogP contribution in [0.5, 0.6) is 5.75 Å². The van der Waals surface area contributed by atoms with Crippen LogP contribution in [0.2, 0.25) is 5.02 Å². The zero-order valence-corrected chi connectivity index (χ0v) is 52.2. The van der Waals surface area contributed by atoms with Gasteiger partial charge in [0.1, 0.15) is 51.9 Å². The second-order valence-corrected chi connectivity index (χ2v) is 24.3. The molecular formula is C62H87BrClN5O14. The van der Waals surface area contributed by atoms with Crippen LogP contribution < -0.4 is 31.3 Å². The van der Waals surface area contributed by atoms with Gasteiger partial charge in [-0.25, -0.2) is 9.59 Å². The lowest BCUT2D eigenvalue weighted by atomic mass is 9.78. The molecule has 458 valence electrons. The van der Waals surface area contributed by atoms with Gasteiger partial charge in [-0.15, -0.1) is 0 Å². The summed E-state index contributed by atoms with van der Waals surface area (Å²) in [6.45, 7) is 13.3. The van der Waals surface area contributed by atoms with E-state index in [0.29, 0.717) is 59.4 Å². The highest BCUT2D eigenvalue weighted by Crippen LogP contribution is 2.50. The molecular weight excluding hydrogens is 1150 g/mol. The first-order valence-electron chi connectivity index (χ1n) is 29.0. The molecule has 0 aromatic heterocycles. The van der Waals surface area contributed by atoms with Gasteiger partial charge >= 0.3 is 18.1 Å². The number of ketones is 3. The largest absolute Gasteiger partial charge is 0.495 e. The number of hydrogen-bond donors (Lipinski definition) is 5. The number of hydrogen-bond acceptors (Lipinski definition) is 14. The number of nitrogens with two attached hydrogens (primary N) is 1. The number of benzene rings is 2. The number of nitrogens with zero attached hydrogens (tertiary/aromatic N) is 1. The average molecular weight is 1240 g/mol. The number of carbonyl (C=O) groups is 8. The number of urea groups is 1. The minimum atomic E-state index is -1.64. The van der Waals surface area contributed by atoms with E-state index in [1.165, 1.54) is 19.1 Å². The Kier molecular flexibility index (Phi) is 25.8. The highest BCUT2D eigenvalue weighted by Gasteiger charge is 2.64. The van der Waals surface area contributed by atoms with Gasteiger partial charge in [0.2, 0.25) is 11.8 Å². The van der Waals surface area contributed by atoms with E-state index in [0.717, 1.165) is 43.2 Å². The summed E-state index contributed by atoms with van der Waals surface area (Å²) in [5.41, 5.74) is 5.18. The zero-order chi connectivity index (χ0) is 61.3. The second kappa shape index (κ2) is 31.5. The summed E-state index contributed by atoms with van der Waals surface area (Å²) < 4.78 is 30.1. The fourth-order valence-electron chi connectivity index (χ4n) is 11.2. The molecule has 0 saturated carbocycles. The summed E-state index contributed by atoms with van der Waals surface area (Å²) >= 11 is 10.4. The Morgan fingerprint density at radius 1 is 0.988 bits per heavy atom. The highest BCUT2D eigenvalue weighted by atomic mass is 79.9. The van der Waals surface area contributed by atoms with Gasteiger partial charge in [-0.3, -0.25) is 34.1 Å². The molecule has 9 atom stereocenters. The molecule has 5 amide bonds. The molecule has 0 aliphatic carbocycles. The van der Waals surface area contributed by atoms with Crippen LogP contribution in [0.3, 0.4) is 0 Å². The quantitative estimate of drug-likeness (QED) is 0.0333. The summed E-state index contributed by atoms with van der Waals surface area (Å²) in [7, 11) is 4.48. The monoisotopic (exact) mass is 1240 g/mol. The van der Waals surface area contributed by atoms with Gasteiger partial charge in [-0.2, -0.15) is 0 Å². The van der Waals surface area contributed by atoms with E-state index in [9.17, 15) is 43.5 Å².